The number of carbonyl (C=O) groups is 2. The van der Waals surface area contributed by atoms with E-state index in [2.05, 4.69) is 5.32 Å². The van der Waals surface area contributed by atoms with Crippen LogP contribution in [0, 0.1) is 11.3 Å². The van der Waals surface area contributed by atoms with Crippen molar-refractivity contribution in [1.82, 2.24) is 10.2 Å². The minimum absolute atomic E-state index is 0.0490. The van der Waals surface area contributed by atoms with Gasteiger partial charge in [-0.05, 0) is 30.0 Å². The Hall–Kier alpha value is -2.28. The number of likely N-dealkylation sites (tertiary alicyclic amines) is 1. The zero-order chi connectivity index (χ0) is 22.3. The van der Waals surface area contributed by atoms with Crippen LogP contribution in [0.15, 0.2) is 18.2 Å². The van der Waals surface area contributed by atoms with E-state index >= 15 is 0 Å². The third kappa shape index (κ3) is 6.36. The Morgan fingerprint density at radius 1 is 1.13 bits per heavy atom. The van der Waals surface area contributed by atoms with Gasteiger partial charge in [-0.1, -0.05) is 20.8 Å². The maximum Gasteiger partial charge on any atom is 0.225 e. The van der Waals surface area contributed by atoms with Crippen molar-refractivity contribution in [2.45, 2.75) is 39.5 Å². The maximum absolute atomic E-state index is 13.0. The summed E-state index contributed by atoms with van der Waals surface area (Å²) in [7, 11) is 4.87. The van der Waals surface area contributed by atoms with E-state index in [0.717, 1.165) is 12.0 Å². The molecular formula is C23H36N2O5. The van der Waals surface area contributed by atoms with Crippen molar-refractivity contribution in [2.24, 2.45) is 11.3 Å². The molecule has 7 nitrogen and oxygen atoms in total. The molecule has 2 atom stereocenters. The van der Waals surface area contributed by atoms with Crippen molar-refractivity contribution in [2.75, 3.05) is 47.6 Å². The van der Waals surface area contributed by atoms with Gasteiger partial charge in [0.05, 0.1) is 20.1 Å². The van der Waals surface area contributed by atoms with Crippen LogP contribution >= 0.6 is 0 Å². The van der Waals surface area contributed by atoms with E-state index in [4.69, 9.17) is 14.2 Å². The fourth-order valence-electron chi connectivity index (χ4n) is 3.84. The van der Waals surface area contributed by atoms with E-state index in [1.807, 2.05) is 43.9 Å². The van der Waals surface area contributed by atoms with Gasteiger partial charge in [0.25, 0.3) is 0 Å². The summed E-state index contributed by atoms with van der Waals surface area (Å²) < 4.78 is 16.0. The highest BCUT2D eigenvalue weighted by atomic mass is 16.5. The summed E-state index contributed by atoms with van der Waals surface area (Å²) in [6, 6.07) is 5.59. The number of nitrogens with one attached hydrogen (secondary N) is 1. The average Bonchev–Trinajstić information content (AvgIpc) is 3.15. The van der Waals surface area contributed by atoms with Crippen molar-refractivity contribution < 1.29 is 23.8 Å². The first-order valence-corrected chi connectivity index (χ1v) is 10.5. The van der Waals surface area contributed by atoms with E-state index in [0.29, 0.717) is 44.2 Å². The molecule has 1 heterocycles. The Balaban J connectivity index is 2.28. The predicted molar refractivity (Wildman–Crippen MR) is 116 cm³/mol. The molecule has 30 heavy (non-hydrogen) atoms. The molecule has 1 aromatic rings. The van der Waals surface area contributed by atoms with Crippen LogP contribution in [-0.4, -0.2) is 64.3 Å². The first-order chi connectivity index (χ1) is 14.2. The molecule has 2 rings (SSSR count). The summed E-state index contributed by atoms with van der Waals surface area (Å²) in [6.45, 7) is 8.15. The highest BCUT2D eigenvalue weighted by Gasteiger charge is 2.42. The highest BCUT2D eigenvalue weighted by molar-refractivity contribution is 5.83. The van der Waals surface area contributed by atoms with Gasteiger partial charge in [-0.2, -0.15) is 0 Å². The Morgan fingerprint density at radius 2 is 1.87 bits per heavy atom. The number of hydrogen-bond acceptors (Lipinski definition) is 5. The lowest BCUT2D eigenvalue weighted by Gasteiger charge is -2.23. The number of benzene rings is 1. The Kier molecular flexibility index (Phi) is 8.53. The normalized spacial score (nSPS) is 18.9. The molecule has 0 aromatic heterocycles. The molecule has 1 saturated heterocycles. The lowest BCUT2D eigenvalue weighted by molar-refractivity contribution is -0.132. The Bertz CT molecular complexity index is 729. The molecule has 0 bridgehead atoms. The van der Waals surface area contributed by atoms with Gasteiger partial charge < -0.3 is 24.4 Å². The largest absolute Gasteiger partial charge is 0.497 e. The average molecular weight is 421 g/mol. The minimum atomic E-state index is -0.350. The lowest BCUT2D eigenvalue weighted by Crippen LogP contribution is -2.36. The Morgan fingerprint density at radius 3 is 2.47 bits per heavy atom. The lowest BCUT2D eigenvalue weighted by atomic mass is 9.87. The number of carbonyl (C=O) groups excluding carboxylic acids is 2. The molecule has 1 aliphatic heterocycles. The van der Waals surface area contributed by atoms with Gasteiger partial charge in [-0.25, -0.2) is 0 Å². The van der Waals surface area contributed by atoms with Crippen molar-refractivity contribution in [1.29, 1.82) is 0 Å². The molecule has 168 valence electrons. The first-order valence-electron chi connectivity index (χ1n) is 10.5. The monoisotopic (exact) mass is 420 g/mol. The molecule has 0 spiro atoms. The summed E-state index contributed by atoms with van der Waals surface area (Å²) in [5.74, 6) is 0.905. The van der Waals surface area contributed by atoms with Gasteiger partial charge in [0.2, 0.25) is 11.8 Å². The number of hydrogen-bond donors (Lipinski definition) is 1. The molecular weight excluding hydrogens is 384 g/mol. The maximum atomic E-state index is 13.0. The molecule has 0 aliphatic carbocycles. The molecule has 1 aliphatic rings. The molecule has 1 fully saturated rings. The number of amides is 2. The molecule has 7 heteroatoms. The third-order valence-electron chi connectivity index (χ3n) is 5.35. The third-order valence-corrected chi connectivity index (χ3v) is 5.35. The van der Waals surface area contributed by atoms with Crippen LogP contribution < -0.4 is 14.8 Å². The second-order valence-electron chi connectivity index (χ2n) is 8.99. The summed E-state index contributed by atoms with van der Waals surface area (Å²) in [5, 5.41) is 3.00. The van der Waals surface area contributed by atoms with E-state index in [9.17, 15) is 9.59 Å². The van der Waals surface area contributed by atoms with Gasteiger partial charge in [0, 0.05) is 51.3 Å². The summed E-state index contributed by atoms with van der Waals surface area (Å²) in [6.07, 6.45) is 1.19. The van der Waals surface area contributed by atoms with Gasteiger partial charge >= 0.3 is 0 Å². The van der Waals surface area contributed by atoms with E-state index in [-0.39, 0.29) is 29.1 Å². The van der Waals surface area contributed by atoms with Crippen LogP contribution in [0.25, 0.3) is 0 Å². The van der Waals surface area contributed by atoms with Crippen molar-refractivity contribution in [3.05, 3.63) is 23.8 Å². The van der Waals surface area contributed by atoms with E-state index in [1.165, 1.54) is 0 Å². The molecule has 1 aromatic carbocycles. The fourth-order valence-corrected chi connectivity index (χ4v) is 3.84. The first kappa shape index (κ1) is 24.0. The molecule has 1 N–H and O–H groups in total. The standard InChI is InChI=1S/C23H36N2O5/c1-23(2,3)13-21(26)25-14-18(17-12-16(29-5)8-9-20(17)30-6)19(15-25)22(27)24-10-7-11-28-4/h8-9,12,18-19H,7,10-11,13-15H2,1-6H3,(H,24,27). The van der Waals surface area contributed by atoms with Gasteiger partial charge in [-0.15, -0.1) is 0 Å². The molecule has 0 radical (unpaired) electrons. The number of nitrogens with zero attached hydrogens (tertiary/aromatic N) is 1. The molecule has 0 saturated carbocycles. The van der Waals surface area contributed by atoms with Crippen LogP contribution in [0.5, 0.6) is 11.5 Å². The minimum Gasteiger partial charge on any atom is -0.497 e. The van der Waals surface area contributed by atoms with Crippen LogP contribution in [0.1, 0.15) is 45.1 Å². The van der Waals surface area contributed by atoms with Gasteiger partial charge in [0.1, 0.15) is 11.5 Å². The zero-order valence-electron chi connectivity index (χ0n) is 19.1. The summed E-state index contributed by atoms with van der Waals surface area (Å²) >= 11 is 0. The number of ether oxygens (including phenoxy) is 3. The van der Waals surface area contributed by atoms with Crippen molar-refractivity contribution in [3.63, 3.8) is 0 Å². The second kappa shape index (κ2) is 10.7. The van der Waals surface area contributed by atoms with Crippen molar-refractivity contribution >= 4 is 11.8 Å². The predicted octanol–water partition coefficient (Wildman–Crippen LogP) is 2.83. The van der Waals surface area contributed by atoms with Crippen LogP contribution in [0.3, 0.4) is 0 Å². The summed E-state index contributed by atoms with van der Waals surface area (Å²) in [5.41, 5.74) is 0.778. The van der Waals surface area contributed by atoms with Gasteiger partial charge in [0.15, 0.2) is 0 Å². The second-order valence-corrected chi connectivity index (χ2v) is 8.99. The van der Waals surface area contributed by atoms with E-state index < -0.39 is 0 Å². The highest BCUT2D eigenvalue weighted by Crippen LogP contribution is 2.40. The zero-order valence-corrected chi connectivity index (χ0v) is 19.1. The van der Waals surface area contributed by atoms with Crippen LogP contribution in [0.4, 0.5) is 0 Å². The number of rotatable bonds is 9. The molecule has 2 unspecified atom stereocenters. The van der Waals surface area contributed by atoms with Crippen LogP contribution in [0.2, 0.25) is 0 Å². The Labute approximate surface area is 180 Å². The van der Waals surface area contributed by atoms with Crippen molar-refractivity contribution in [3.8, 4) is 11.5 Å². The smallest absolute Gasteiger partial charge is 0.225 e. The quantitative estimate of drug-likeness (QED) is 0.622. The van der Waals surface area contributed by atoms with Crippen LogP contribution in [-0.2, 0) is 14.3 Å². The molecule has 2 amide bonds. The van der Waals surface area contributed by atoms with Gasteiger partial charge in [-0.3, -0.25) is 9.59 Å². The SMILES string of the molecule is COCCCNC(=O)C1CN(C(=O)CC(C)(C)C)CC1c1cc(OC)ccc1OC. The fraction of sp³-hybridized carbons (Fsp3) is 0.652. The number of methoxy groups -OCH3 is 3. The topological polar surface area (TPSA) is 77.1 Å². The van der Waals surface area contributed by atoms with E-state index in [1.54, 1.807) is 21.3 Å². The summed E-state index contributed by atoms with van der Waals surface area (Å²) in [4.78, 5) is 27.8.